The van der Waals surface area contributed by atoms with Crippen LogP contribution in [0, 0.1) is 5.82 Å². The predicted octanol–water partition coefficient (Wildman–Crippen LogP) is 5.01. The zero-order valence-electron chi connectivity index (χ0n) is 14.8. The van der Waals surface area contributed by atoms with E-state index in [2.05, 4.69) is 9.47 Å². The molecule has 3 rings (SSSR count). The Hall–Kier alpha value is -2.97. The molecule has 0 N–H and O–H groups in total. The highest BCUT2D eigenvalue weighted by molar-refractivity contribution is 6.49. The molecule has 0 radical (unpaired) electrons. The van der Waals surface area contributed by atoms with Crippen LogP contribution in [0.4, 0.5) is 22.0 Å². The van der Waals surface area contributed by atoms with Crippen LogP contribution in [0.5, 0.6) is 11.5 Å². The zero-order valence-corrected chi connectivity index (χ0v) is 14.8. The number of carbonyl (C=O) groups is 2. The summed E-state index contributed by atoms with van der Waals surface area (Å²) >= 11 is 0. The van der Waals surface area contributed by atoms with Gasteiger partial charge in [0.1, 0.15) is 12.4 Å². The largest absolute Gasteiger partial charge is 0.485 e. The molecule has 2 aromatic rings. The Labute approximate surface area is 162 Å². The third-order valence-corrected chi connectivity index (χ3v) is 4.27. The maximum Gasteiger partial charge on any atom is 0.387 e. The standard InChI is InChI=1S/C20H15F5O4/c21-14-5-3-12(8-16(14)28-9-17(22)23)19(27)18(26)11-4-6-15(29-20(24)25)13(7-11)10-1-2-10/h3-8,10,17,20H,1-2,9H2. The zero-order chi connectivity index (χ0) is 21.1. The minimum absolute atomic E-state index is 0.0354. The van der Waals surface area contributed by atoms with E-state index >= 15 is 0 Å². The summed E-state index contributed by atoms with van der Waals surface area (Å²) in [6.45, 7) is -4.10. The highest BCUT2D eigenvalue weighted by Gasteiger charge is 2.30. The molecule has 1 fully saturated rings. The molecule has 29 heavy (non-hydrogen) atoms. The third kappa shape index (κ3) is 5.10. The molecule has 0 aromatic heterocycles. The highest BCUT2D eigenvalue weighted by atomic mass is 19.3. The van der Waals surface area contributed by atoms with Crippen LogP contribution < -0.4 is 9.47 Å². The van der Waals surface area contributed by atoms with E-state index in [1.165, 1.54) is 18.2 Å². The Bertz CT molecular complexity index is 925. The van der Waals surface area contributed by atoms with Gasteiger partial charge >= 0.3 is 6.61 Å². The van der Waals surface area contributed by atoms with Gasteiger partial charge in [-0.2, -0.15) is 8.78 Å². The summed E-state index contributed by atoms with van der Waals surface area (Å²) in [5.41, 5.74) is 0.114. The lowest BCUT2D eigenvalue weighted by Gasteiger charge is -2.12. The van der Waals surface area contributed by atoms with Crippen molar-refractivity contribution in [2.75, 3.05) is 6.61 Å². The topological polar surface area (TPSA) is 52.6 Å². The molecule has 1 aliphatic rings. The average molecular weight is 414 g/mol. The molecule has 1 saturated carbocycles. The summed E-state index contributed by atoms with van der Waals surface area (Å²) < 4.78 is 72.3. The average Bonchev–Trinajstić information content (AvgIpc) is 3.51. The van der Waals surface area contributed by atoms with Gasteiger partial charge in [-0.25, -0.2) is 13.2 Å². The Morgan fingerprint density at radius 3 is 2.14 bits per heavy atom. The first-order valence-electron chi connectivity index (χ1n) is 8.64. The summed E-state index contributed by atoms with van der Waals surface area (Å²) in [5.74, 6) is -3.61. The molecule has 0 heterocycles. The second kappa shape index (κ2) is 8.59. The number of halogens is 5. The van der Waals surface area contributed by atoms with Gasteiger partial charge in [-0.1, -0.05) is 0 Å². The van der Waals surface area contributed by atoms with Gasteiger partial charge in [-0.3, -0.25) is 9.59 Å². The normalized spacial score (nSPS) is 13.6. The van der Waals surface area contributed by atoms with Crippen molar-refractivity contribution in [3.05, 3.63) is 58.9 Å². The quantitative estimate of drug-likeness (QED) is 0.329. The van der Waals surface area contributed by atoms with Crippen molar-refractivity contribution in [3.63, 3.8) is 0 Å². The van der Waals surface area contributed by atoms with Crippen LogP contribution >= 0.6 is 0 Å². The Morgan fingerprint density at radius 2 is 1.55 bits per heavy atom. The van der Waals surface area contributed by atoms with Crippen LogP contribution in [-0.2, 0) is 0 Å². The number of rotatable bonds is 9. The van der Waals surface area contributed by atoms with E-state index in [0.29, 0.717) is 5.56 Å². The smallest absolute Gasteiger partial charge is 0.387 e. The lowest BCUT2D eigenvalue weighted by atomic mass is 9.98. The van der Waals surface area contributed by atoms with Crippen molar-refractivity contribution < 1.29 is 41.0 Å². The summed E-state index contributed by atoms with van der Waals surface area (Å²) in [6.07, 6.45) is -1.35. The summed E-state index contributed by atoms with van der Waals surface area (Å²) in [6, 6.07) is 6.43. The van der Waals surface area contributed by atoms with Crippen molar-refractivity contribution in [2.45, 2.75) is 31.8 Å². The molecule has 0 saturated heterocycles. The summed E-state index contributed by atoms with van der Waals surface area (Å²) in [7, 11) is 0. The van der Waals surface area contributed by atoms with E-state index in [1.807, 2.05) is 0 Å². The lowest BCUT2D eigenvalue weighted by Crippen LogP contribution is -2.16. The van der Waals surface area contributed by atoms with Crippen molar-refractivity contribution in [1.82, 2.24) is 0 Å². The van der Waals surface area contributed by atoms with Gasteiger partial charge in [0.2, 0.25) is 11.6 Å². The maximum absolute atomic E-state index is 13.7. The first-order chi connectivity index (χ1) is 13.8. The molecule has 4 nitrogen and oxygen atoms in total. The van der Waals surface area contributed by atoms with Crippen LogP contribution in [0.15, 0.2) is 36.4 Å². The van der Waals surface area contributed by atoms with Gasteiger partial charge < -0.3 is 9.47 Å². The predicted molar refractivity (Wildman–Crippen MR) is 91.6 cm³/mol. The van der Waals surface area contributed by atoms with Gasteiger partial charge in [-0.05, 0) is 60.7 Å². The molecular formula is C20H15F5O4. The van der Waals surface area contributed by atoms with Crippen LogP contribution in [0.25, 0.3) is 0 Å². The molecule has 2 aromatic carbocycles. The number of alkyl halides is 4. The van der Waals surface area contributed by atoms with Gasteiger partial charge in [0.15, 0.2) is 11.6 Å². The van der Waals surface area contributed by atoms with E-state index in [4.69, 9.17) is 0 Å². The van der Waals surface area contributed by atoms with Gasteiger partial charge in [0.25, 0.3) is 6.43 Å². The Balaban J connectivity index is 1.84. The highest BCUT2D eigenvalue weighted by Crippen LogP contribution is 2.45. The fourth-order valence-corrected chi connectivity index (χ4v) is 2.78. The first-order valence-corrected chi connectivity index (χ1v) is 8.64. The molecule has 1 aliphatic carbocycles. The Morgan fingerprint density at radius 1 is 0.931 bits per heavy atom. The summed E-state index contributed by atoms with van der Waals surface area (Å²) in [4.78, 5) is 25.0. The van der Waals surface area contributed by atoms with Crippen molar-refractivity contribution in [2.24, 2.45) is 0 Å². The number of hydrogen-bond acceptors (Lipinski definition) is 4. The second-order valence-corrected chi connectivity index (χ2v) is 6.41. The number of ketones is 2. The Kier molecular flexibility index (Phi) is 6.14. The number of benzene rings is 2. The minimum Gasteiger partial charge on any atom is -0.485 e. The number of Topliss-reactive ketones (excluding diaryl/α,β-unsaturated/α-hetero) is 2. The molecule has 154 valence electrons. The van der Waals surface area contributed by atoms with Crippen LogP contribution in [-0.4, -0.2) is 31.2 Å². The SMILES string of the molecule is O=C(C(=O)c1ccc(OC(F)F)c(C2CC2)c1)c1ccc(F)c(OCC(F)F)c1. The van der Waals surface area contributed by atoms with Gasteiger partial charge in [-0.15, -0.1) is 0 Å². The van der Waals surface area contributed by atoms with Crippen molar-refractivity contribution in [1.29, 1.82) is 0 Å². The fourth-order valence-electron chi connectivity index (χ4n) is 2.78. The fraction of sp³-hybridized carbons (Fsp3) is 0.300. The van der Waals surface area contributed by atoms with E-state index in [0.717, 1.165) is 31.0 Å². The van der Waals surface area contributed by atoms with Crippen LogP contribution in [0.1, 0.15) is 45.0 Å². The number of carbonyl (C=O) groups excluding carboxylic acids is 2. The molecular weight excluding hydrogens is 399 g/mol. The molecule has 0 amide bonds. The molecule has 0 unspecified atom stereocenters. The molecule has 0 aliphatic heterocycles. The molecule has 9 heteroatoms. The van der Waals surface area contributed by atoms with Gasteiger partial charge in [0.05, 0.1) is 0 Å². The molecule has 0 bridgehead atoms. The van der Waals surface area contributed by atoms with Crippen LogP contribution in [0.2, 0.25) is 0 Å². The van der Waals surface area contributed by atoms with E-state index in [1.54, 1.807) is 0 Å². The summed E-state index contributed by atoms with van der Waals surface area (Å²) in [5, 5.41) is 0. The van der Waals surface area contributed by atoms with E-state index in [-0.39, 0.29) is 22.8 Å². The lowest BCUT2D eigenvalue weighted by molar-refractivity contribution is -0.0504. The van der Waals surface area contributed by atoms with E-state index in [9.17, 15) is 31.5 Å². The van der Waals surface area contributed by atoms with Crippen molar-refractivity contribution in [3.8, 4) is 11.5 Å². The maximum atomic E-state index is 13.7. The van der Waals surface area contributed by atoms with Gasteiger partial charge in [0, 0.05) is 11.1 Å². The van der Waals surface area contributed by atoms with Crippen molar-refractivity contribution >= 4 is 11.6 Å². The number of ether oxygens (including phenoxy) is 2. The second-order valence-electron chi connectivity index (χ2n) is 6.41. The first kappa shape index (κ1) is 20.8. The van der Waals surface area contributed by atoms with Crippen LogP contribution in [0.3, 0.4) is 0 Å². The van der Waals surface area contributed by atoms with E-state index < -0.39 is 42.8 Å². The molecule has 0 atom stereocenters. The monoisotopic (exact) mass is 414 g/mol. The minimum atomic E-state index is -3.03. The third-order valence-electron chi connectivity index (χ3n) is 4.27. The molecule has 0 spiro atoms. The number of hydrogen-bond donors (Lipinski definition) is 0.